The average molecular weight is 800 g/mol. The zero-order chi connectivity index (χ0) is 40.3. The fourth-order valence-corrected chi connectivity index (χ4v) is 9.50. The number of cyclic esters (lactones) is 1. The molecular formula is C42H49N5O9S. The molecule has 4 fully saturated rings. The highest BCUT2D eigenvalue weighted by molar-refractivity contribution is 7.91. The van der Waals surface area contributed by atoms with Gasteiger partial charge in [0.2, 0.25) is 27.7 Å². The molecule has 57 heavy (non-hydrogen) atoms. The molecule has 2 aromatic carbocycles. The summed E-state index contributed by atoms with van der Waals surface area (Å²) in [4.78, 5) is 62.6. The summed E-state index contributed by atoms with van der Waals surface area (Å²) in [5, 5.41) is 5.86. The van der Waals surface area contributed by atoms with E-state index in [2.05, 4.69) is 21.9 Å². The first kappa shape index (κ1) is 38.7. The summed E-state index contributed by atoms with van der Waals surface area (Å²) in [5.74, 6) is -1.65. The SMILES string of the molecule is C=C[C@@H]1CC1(NC(=O)[C@@H]1CC2CN1C(=O)[C@H](C(C)(C)C)NC(=O)OCC1(CCC1)COc1cccc(c1)-c1cc3ccccc3nc1O2)C(=O)NS(=O)(=O)C1CC1. The van der Waals surface area contributed by atoms with E-state index in [1.807, 2.05) is 54.6 Å². The molecule has 3 saturated carbocycles. The van der Waals surface area contributed by atoms with Crippen LogP contribution in [0.2, 0.25) is 0 Å². The van der Waals surface area contributed by atoms with Crippen molar-refractivity contribution in [1.82, 2.24) is 25.2 Å². The van der Waals surface area contributed by atoms with Crippen molar-refractivity contribution in [1.29, 1.82) is 0 Å². The molecule has 5 aliphatic rings. The lowest BCUT2D eigenvalue weighted by molar-refractivity contribution is -0.143. The standard InChI is InChI=1S/C42H49N5O9S/c1-5-27-21-42(27,38(50)46-57(52,53)30-14-15-30)45-35(48)33-20-29-22-47(33)37(49)34(40(2,3)4)44-39(51)55-24-41(16-9-17-41)23-54-28-12-8-11-25(18-28)31-19-26-10-6-7-13-32(26)43-36(31)56-29/h5-8,10-13,18-19,27,29-30,33-34H,1,9,14-17,20-24H2,2-4H3,(H,44,51)(H,45,48)(H,46,50)/t27-,29?,33+,34-,42?/m1/s1. The van der Waals surface area contributed by atoms with Gasteiger partial charge < -0.3 is 29.7 Å². The molecule has 4 bridgehead atoms. The Hall–Kier alpha value is -5.18. The number of fused-ring (bicyclic) bond motifs is 7. The van der Waals surface area contributed by atoms with Gasteiger partial charge in [-0.1, -0.05) is 63.6 Å². The summed E-state index contributed by atoms with van der Waals surface area (Å²) in [6.07, 6.45) is 3.62. The fourth-order valence-electron chi connectivity index (χ4n) is 8.14. The third-order valence-electron chi connectivity index (χ3n) is 12.1. The highest BCUT2D eigenvalue weighted by Crippen LogP contribution is 2.46. The quantitative estimate of drug-likeness (QED) is 0.298. The van der Waals surface area contributed by atoms with E-state index in [-0.39, 0.29) is 26.0 Å². The van der Waals surface area contributed by atoms with E-state index in [0.717, 1.165) is 30.2 Å². The largest absolute Gasteiger partial charge is 0.493 e. The van der Waals surface area contributed by atoms with Crippen LogP contribution < -0.4 is 24.8 Å². The number of para-hydroxylation sites is 1. The molecule has 1 aromatic heterocycles. The summed E-state index contributed by atoms with van der Waals surface area (Å²) in [6.45, 7) is 9.59. The second-order valence-corrected chi connectivity index (χ2v) is 19.3. The third-order valence-corrected chi connectivity index (χ3v) is 13.9. The molecule has 8 rings (SSSR count). The summed E-state index contributed by atoms with van der Waals surface area (Å²) in [5.41, 5.74) is -0.627. The van der Waals surface area contributed by atoms with Crippen molar-refractivity contribution in [2.75, 3.05) is 19.8 Å². The van der Waals surface area contributed by atoms with Crippen LogP contribution in [0.3, 0.4) is 0 Å². The van der Waals surface area contributed by atoms with Crippen molar-refractivity contribution < 1.29 is 41.8 Å². The van der Waals surface area contributed by atoms with E-state index < -0.39 is 79.6 Å². The second kappa shape index (κ2) is 14.3. The van der Waals surface area contributed by atoms with Crippen LogP contribution in [0.4, 0.5) is 4.79 Å². The lowest BCUT2D eigenvalue weighted by Gasteiger charge is -2.41. The molecule has 5 atom stereocenters. The number of pyridine rings is 1. The molecule has 14 nitrogen and oxygen atoms in total. The second-order valence-electron chi connectivity index (χ2n) is 17.4. The maximum atomic E-state index is 14.8. The summed E-state index contributed by atoms with van der Waals surface area (Å²) >= 11 is 0. The van der Waals surface area contributed by atoms with Crippen molar-refractivity contribution in [3.63, 3.8) is 0 Å². The Labute approximate surface area is 332 Å². The first-order valence-corrected chi connectivity index (χ1v) is 21.2. The first-order valence-electron chi connectivity index (χ1n) is 19.6. The van der Waals surface area contributed by atoms with E-state index >= 15 is 0 Å². The monoisotopic (exact) mass is 799 g/mol. The topological polar surface area (TPSA) is 182 Å². The number of amides is 4. The molecule has 1 saturated heterocycles. The van der Waals surface area contributed by atoms with Crippen LogP contribution in [-0.2, 0) is 29.1 Å². The number of hydrogen-bond donors (Lipinski definition) is 3. The van der Waals surface area contributed by atoms with E-state index in [4.69, 9.17) is 19.2 Å². The number of rotatable bonds is 6. The predicted molar refractivity (Wildman–Crippen MR) is 210 cm³/mol. The van der Waals surface area contributed by atoms with Gasteiger partial charge in [-0.2, -0.15) is 0 Å². The molecule has 0 radical (unpaired) electrons. The normalized spacial score (nSPS) is 27.2. The first-order chi connectivity index (χ1) is 27.1. The van der Waals surface area contributed by atoms with Gasteiger partial charge in [-0.05, 0) is 67.3 Å². The van der Waals surface area contributed by atoms with Crippen LogP contribution in [0, 0.1) is 16.7 Å². The number of aromatic nitrogens is 1. The molecule has 302 valence electrons. The molecule has 1 spiro atoms. The molecular weight excluding hydrogens is 751 g/mol. The van der Waals surface area contributed by atoms with E-state index in [9.17, 15) is 27.6 Å². The fraction of sp³-hybridized carbons (Fsp3) is 0.500. The number of nitrogens with zero attached hydrogens (tertiary/aromatic N) is 2. The lowest BCUT2D eigenvalue weighted by Crippen LogP contribution is -2.60. The Morgan fingerprint density at radius 2 is 1.79 bits per heavy atom. The van der Waals surface area contributed by atoms with Gasteiger partial charge in [0.05, 0.1) is 23.9 Å². The van der Waals surface area contributed by atoms with E-state index in [1.54, 1.807) is 20.8 Å². The Bertz CT molecular complexity index is 2250. The zero-order valence-corrected chi connectivity index (χ0v) is 33.2. The maximum absolute atomic E-state index is 14.8. The van der Waals surface area contributed by atoms with Crippen LogP contribution in [0.1, 0.15) is 65.7 Å². The van der Waals surface area contributed by atoms with Crippen LogP contribution in [0.5, 0.6) is 11.6 Å². The number of benzene rings is 2. The van der Waals surface area contributed by atoms with Gasteiger partial charge in [-0.3, -0.25) is 19.1 Å². The summed E-state index contributed by atoms with van der Waals surface area (Å²) in [7, 11) is -3.91. The number of hydrogen-bond acceptors (Lipinski definition) is 10. The summed E-state index contributed by atoms with van der Waals surface area (Å²) < 4.78 is 46.6. The molecule has 2 aliphatic heterocycles. The van der Waals surface area contributed by atoms with E-state index in [1.165, 1.54) is 11.0 Å². The Balaban J connectivity index is 1.17. The molecule has 4 amide bonds. The van der Waals surface area contributed by atoms with Gasteiger partial charge in [0, 0.05) is 28.7 Å². The number of nitrogens with one attached hydrogen (secondary N) is 3. The van der Waals surface area contributed by atoms with Crippen molar-refractivity contribution in [2.24, 2.45) is 16.7 Å². The minimum absolute atomic E-state index is 0.00925. The highest BCUT2D eigenvalue weighted by atomic mass is 32.2. The minimum atomic E-state index is -3.91. The molecule has 3 N–H and O–H groups in total. The zero-order valence-electron chi connectivity index (χ0n) is 32.4. The third kappa shape index (κ3) is 7.65. The van der Waals surface area contributed by atoms with Gasteiger partial charge in [0.1, 0.15) is 36.1 Å². The predicted octanol–water partition coefficient (Wildman–Crippen LogP) is 4.62. The smallest absolute Gasteiger partial charge is 0.407 e. The van der Waals surface area contributed by atoms with Crippen LogP contribution in [0.25, 0.3) is 22.0 Å². The van der Waals surface area contributed by atoms with Crippen LogP contribution in [-0.4, -0.2) is 90.9 Å². The van der Waals surface area contributed by atoms with E-state index in [0.29, 0.717) is 42.2 Å². The molecule has 3 aliphatic carbocycles. The Morgan fingerprint density at radius 1 is 1.04 bits per heavy atom. The summed E-state index contributed by atoms with van der Waals surface area (Å²) in [6, 6.07) is 15.0. The number of carbonyl (C=O) groups is 4. The van der Waals surface area contributed by atoms with Gasteiger partial charge in [0.15, 0.2) is 0 Å². The number of sulfonamides is 1. The van der Waals surface area contributed by atoms with Gasteiger partial charge in [0.25, 0.3) is 5.91 Å². The molecule has 3 heterocycles. The average Bonchev–Trinajstić information content (AvgIpc) is 4.09. The van der Waals surface area contributed by atoms with Crippen LogP contribution in [0.15, 0.2) is 67.3 Å². The Morgan fingerprint density at radius 3 is 2.47 bits per heavy atom. The van der Waals surface area contributed by atoms with Crippen molar-refractivity contribution >= 4 is 44.7 Å². The van der Waals surface area contributed by atoms with Gasteiger partial charge >= 0.3 is 6.09 Å². The molecule has 15 heteroatoms. The van der Waals surface area contributed by atoms with Gasteiger partial charge in [-0.15, -0.1) is 6.58 Å². The maximum Gasteiger partial charge on any atom is 0.407 e. The number of alkyl carbamates (subject to hydrolysis) is 1. The van der Waals surface area contributed by atoms with Crippen molar-refractivity contribution in [2.45, 2.75) is 94.7 Å². The minimum Gasteiger partial charge on any atom is -0.493 e. The lowest BCUT2D eigenvalue weighted by atomic mass is 9.70. The van der Waals surface area contributed by atoms with Gasteiger partial charge in [-0.25, -0.2) is 18.2 Å². The van der Waals surface area contributed by atoms with Crippen molar-refractivity contribution in [3.05, 3.63) is 67.3 Å². The number of ether oxygens (including phenoxy) is 3. The van der Waals surface area contributed by atoms with Crippen LogP contribution >= 0.6 is 0 Å². The molecule has 3 aromatic rings. The highest BCUT2D eigenvalue weighted by Gasteiger charge is 2.62. The Kier molecular flexibility index (Phi) is 9.73. The van der Waals surface area contributed by atoms with Crippen molar-refractivity contribution in [3.8, 4) is 22.8 Å². The molecule has 2 unspecified atom stereocenters. The number of carbonyl (C=O) groups excluding carboxylic acids is 4.